The van der Waals surface area contributed by atoms with Crippen molar-refractivity contribution >= 4 is 0 Å². The van der Waals surface area contributed by atoms with Crippen molar-refractivity contribution in [1.82, 2.24) is 25.2 Å². The Labute approximate surface area is 113 Å². The quantitative estimate of drug-likeness (QED) is 0.566. The lowest BCUT2D eigenvalue weighted by atomic mass is 10.1. The lowest BCUT2D eigenvalue weighted by Crippen LogP contribution is -2.39. The smallest absolute Gasteiger partial charge is 0.138 e. The third-order valence-corrected chi connectivity index (χ3v) is 2.98. The lowest BCUT2D eigenvalue weighted by Gasteiger charge is -2.15. The van der Waals surface area contributed by atoms with Gasteiger partial charge in [-0.1, -0.05) is 13.0 Å². The first kappa shape index (κ1) is 13.6. The van der Waals surface area contributed by atoms with Crippen LogP contribution in [0.4, 0.5) is 0 Å². The molecule has 0 aliphatic heterocycles. The molecule has 0 aliphatic carbocycles. The molecule has 0 radical (unpaired) electrons. The van der Waals surface area contributed by atoms with Crippen LogP contribution in [0.3, 0.4) is 0 Å². The summed E-state index contributed by atoms with van der Waals surface area (Å²) < 4.78 is 1.93. The van der Waals surface area contributed by atoms with Crippen molar-refractivity contribution in [2.45, 2.75) is 38.8 Å². The van der Waals surface area contributed by atoms with Gasteiger partial charge >= 0.3 is 0 Å². The Kier molecular flexibility index (Phi) is 5.00. The molecule has 3 N–H and O–H groups in total. The number of hydrazine groups is 1. The van der Waals surface area contributed by atoms with Crippen molar-refractivity contribution in [1.29, 1.82) is 0 Å². The normalized spacial score (nSPS) is 12.5. The predicted octanol–water partition coefficient (Wildman–Crippen LogP) is 0.700. The molecular formula is C13H20N6. The van der Waals surface area contributed by atoms with Gasteiger partial charge in [0, 0.05) is 37.3 Å². The second-order valence-corrected chi connectivity index (χ2v) is 4.49. The summed E-state index contributed by atoms with van der Waals surface area (Å²) in [6.07, 6.45) is 5.95. The summed E-state index contributed by atoms with van der Waals surface area (Å²) in [7, 11) is 0. The van der Waals surface area contributed by atoms with E-state index in [0.29, 0.717) is 0 Å². The van der Waals surface area contributed by atoms with Gasteiger partial charge in [-0.05, 0) is 18.6 Å². The summed E-state index contributed by atoms with van der Waals surface area (Å²) in [5, 5.41) is 4.22. The summed E-state index contributed by atoms with van der Waals surface area (Å²) >= 11 is 0. The molecule has 0 aliphatic rings. The Balaban J connectivity index is 2.00. The summed E-state index contributed by atoms with van der Waals surface area (Å²) in [5.74, 6) is 6.59. The Hall–Kier alpha value is -1.79. The van der Waals surface area contributed by atoms with E-state index < -0.39 is 0 Å². The molecule has 0 amide bonds. The molecule has 6 nitrogen and oxygen atoms in total. The van der Waals surface area contributed by atoms with Crippen LogP contribution in [0.1, 0.15) is 24.9 Å². The topological polar surface area (TPSA) is 81.7 Å². The van der Waals surface area contributed by atoms with Crippen molar-refractivity contribution in [2.24, 2.45) is 5.84 Å². The maximum atomic E-state index is 5.63. The standard InChI is InChI=1S/C13H20N6/c1-2-7-19-13(16-10-17-19)9-12(18-14)8-11-5-3-4-6-15-11/h3-6,10,12,18H,2,7-9,14H2,1H3. The zero-order valence-electron chi connectivity index (χ0n) is 11.2. The number of aromatic nitrogens is 4. The first-order chi connectivity index (χ1) is 9.33. The van der Waals surface area contributed by atoms with E-state index in [1.54, 1.807) is 12.5 Å². The van der Waals surface area contributed by atoms with Crippen LogP contribution in [0.25, 0.3) is 0 Å². The molecule has 2 heterocycles. The van der Waals surface area contributed by atoms with Gasteiger partial charge in [-0.2, -0.15) is 5.10 Å². The molecule has 0 saturated heterocycles. The molecule has 1 unspecified atom stereocenters. The van der Waals surface area contributed by atoms with Crippen molar-refractivity contribution in [3.63, 3.8) is 0 Å². The lowest BCUT2D eigenvalue weighted by molar-refractivity contribution is 0.479. The number of hydrogen-bond acceptors (Lipinski definition) is 5. The molecule has 0 aromatic carbocycles. The summed E-state index contributed by atoms with van der Waals surface area (Å²) in [5.41, 5.74) is 3.86. The average Bonchev–Trinajstić information content (AvgIpc) is 2.87. The number of hydrogen-bond donors (Lipinski definition) is 2. The van der Waals surface area contributed by atoms with Crippen LogP contribution in [-0.2, 0) is 19.4 Å². The molecule has 0 bridgehead atoms. The highest BCUT2D eigenvalue weighted by atomic mass is 15.3. The van der Waals surface area contributed by atoms with E-state index in [1.807, 2.05) is 22.9 Å². The minimum absolute atomic E-state index is 0.106. The fourth-order valence-electron chi connectivity index (χ4n) is 2.03. The predicted molar refractivity (Wildman–Crippen MR) is 73.1 cm³/mol. The highest BCUT2D eigenvalue weighted by molar-refractivity contribution is 5.06. The Morgan fingerprint density at radius 2 is 2.21 bits per heavy atom. The second-order valence-electron chi connectivity index (χ2n) is 4.49. The van der Waals surface area contributed by atoms with E-state index in [2.05, 4.69) is 27.4 Å². The minimum atomic E-state index is 0.106. The van der Waals surface area contributed by atoms with Gasteiger partial charge in [0.05, 0.1) is 0 Å². The number of nitrogens with one attached hydrogen (secondary N) is 1. The summed E-state index contributed by atoms with van der Waals surface area (Å²) in [4.78, 5) is 8.62. The zero-order chi connectivity index (χ0) is 13.5. The minimum Gasteiger partial charge on any atom is -0.271 e. The first-order valence-corrected chi connectivity index (χ1v) is 6.56. The van der Waals surface area contributed by atoms with Gasteiger partial charge < -0.3 is 0 Å². The van der Waals surface area contributed by atoms with E-state index in [9.17, 15) is 0 Å². The molecule has 0 spiro atoms. The van der Waals surface area contributed by atoms with Gasteiger partial charge in [-0.3, -0.25) is 20.9 Å². The van der Waals surface area contributed by atoms with Gasteiger partial charge in [-0.25, -0.2) is 4.98 Å². The number of pyridine rings is 1. The second kappa shape index (κ2) is 6.96. The van der Waals surface area contributed by atoms with Gasteiger partial charge in [0.2, 0.25) is 0 Å². The van der Waals surface area contributed by atoms with Gasteiger partial charge in [0.1, 0.15) is 12.2 Å². The van der Waals surface area contributed by atoms with Gasteiger partial charge in [-0.15, -0.1) is 0 Å². The molecule has 2 rings (SSSR count). The van der Waals surface area contributed by atoms with Gasteiger partial charge in [0.25, 0.3) is 0 Å². The van der Waals surface area contributed by atoms with Crippen molar-refractivity contribution < 1.29 is 0 Å². The number of aryl methyl sites for hydroxylation is 1. The molecule has 102 valence electrons. The summed E-state index contributed by atoms with van der Waals surface area (Å²) in [6, 6.07) is 6.00. The molecule has 0 fully saturated rings. The van der Waals surface area contributed by atoms with Gasteiger partial charge in [0.15, 0.2) is 0 Å². The molecular weight excluding hydrogens is 240 g/mol. The zero-order valence-corrected chi connectivity index (χ0v) is 11.2. The highest BCUT2D eigenvalue weighted by Gasteiger charge is 2.13. The third kappa shape index (κ3) is 3.84. The molecule has 6 heteroatoms. The third-order valence-electron chi connectivity index (χ3n) is 2.98. The van der Waals surface area contributed by atoms with E-state index in [4.69, 9.17) is 5.84 Å². The van der Waals surface area contributed by atoms with E-state index in [0.717, 1.165) is 37.3 Å². The Morgan fingerprint density at radius 3 is 2.89 bits per heavy atom. The fraction of sp³-hybridized carbons (Fsp3) is 0.462. The molecule has 0 saturated carbocycles. The van der Waals surface area contributed by atoms with E-state index in [1.165, 1.54) is 0 Å². The highest BCUT2D eigenvalue weighted by Crippen LogP contribution is 2.05. The van der Waals surface area contributed by atoms with Crippen LogP contribution < -0.4 is 11.3 Å². The number of nitrogens with two attached hydrogens (primary N) is 1. The maximum Gasteiger partial charge on any atom is 0.138 e. The van der Waals surface area contributed by atoms with E-state index in [-0.39, 0.29) is 6.04 Å². The fourth-order valence-corrected chi connectivity index (χ4v) is 2.03. The van der Waals surface area contributed by atoms with Crippen molar-refractivity contribution in [2.75, 3.05) is 0 Å². The molecule has 1 atom stereocenters. The van der Waals surface area contributed by atoms with Crippen LogP contribution in [0.15, 0.2) is 30.7 Å². The SMILES string of the molecule is CCCn1ncnc1CC(Cc1ccccn1)NN. The maximum absolute atomic E-state index is 5.63. The first-order valence-electron chi connectivity index (χ1n) is 6.56. The number of rotatable bonds is 7. The van der Waals surface area contributed by atoms with Crippen LogP contribution in [-0.4, -0.2) is 25.8 Å². The monoisotopic (exact) mass is 260 g/mol. The largest absolute Gasteiger partial charge is 0.271 e. The van der Waals surface area contributed by atoms with Crippen LogP contribution in [0, 0.1) is 0 Å². The summed E-state index contributed by atoms with van der Waals surface area (Å²) in [6.45, 7) is 3.01. The van der Waals surface area contributed by atoms with E-state index >= 15 is 0 Å². The van der Waals surface area contributed by atoms with Crippen LogP contribution >= 0.6 is 0 Å². The van der Waals surface area contributed by atoms with Crippen LogP contribution in [0.5, 0.6) is 0 Å². The Morgan fingerprint density at radius 1 is 1.32 bits per heavy atom. The van der Waals surface area contributed by atoms with Crippen molar-refractivity contribution in [3.8, 4) is 0 Å². The van der Waals surface area contributed by atoms with Crippen LogP contribution in [0.2, 0.25) is 0 Å². The molecule has 2 aromatic heterocycles. The number of nitrogens with zero attached hydrogens (tertiary/aromatic N) is 4. The molecule has 2 aromatic rings. The molecule has 19 heavy (non-hydrogen) atoms. The van der Waals surface area contributed by atoms with Crippen molar-refractivity contribution in [3.05, 3.63) is 42.2 Å². The Bertz CT molecular complexity index is 481. The average molecular weight is 260 g/mol.